The van der Waals surface area contributed by atoms with Crippen molar-refractivity contribution in [3.8, 4) is 0 Å². The lowest BCUT2D eigenvalue weighted by Gasteiger charge is -2.02. The van der Waals surface area contributed by atoms with Gasteiger partial charge in [0.05, 0.1) is 0 Å². The van der Waals surface area contributed by atoms with Crippen LogP contribution in [0.1, 0.15) is 13.3 Å². The van der Waals surface area contributed by atoms with Crippen molar-refractivity contribution in [3.63, 3.8) is 0 Å². The van der Waals surface area contributed by atoms with E-state index in [9.17, 15) is 9.59 Å². The molecule has 8 nitrogen and oxygen atoms in total. The number of nitrogens with two attached hydrogens (primary N) is 1. The maximum absolute atomic E-state index is 11.7. The van der Waals surface area contributed by atoms with E-state index in [1.807, 2.05) is 6.92 Å². The van der Waals surface area contributed by atoms with E-state index >= 15 is 0 Å². The number of aromatic nitrogens is 4. The van der Waals surface area contributed by atoms with E-state index in [0.717, 1.165) is 6.42 Å². The molecular formula is C10H16N6O2. The molecule has 0 unspecified atom stereocenters. The van der Waals surface area contributed by atoms with Crippen LogP contribution in [0.25, 0.3) is 11.2 Å². The minimum absolute atomic E-state index is 0.294. The molecule has 0 amide bonds. The molecule has 0 atom stereocenters. The fraction of sp³-hybridized carbons (Fsp3) is 0.500. The molecule has 0 aliphatic carbocycles. The van der Waals surface area contributed by atoms with E-state index in [2.05, 4.69) is 20.3 Å². The van der Waals surface area contributed by atoms with E-state index in [0.29, 0.717) is 36.7 Å². The van der Waals surface area contributed by atoms with Crippen LogP contribution < -0.4 is 22.3 Å². The van der Waals surface area contributed by atoms with Gasteiger partial charge >= 0.3 is 5.69 Å². The molecule has 0 bridgehead atoms. The molecule has 2 heterocycles. The van der Waals surface area contributed by atoms with Crippen LogP contribution in [0.15, 0.2) is 9.59 Å². The fourth-order valence-electron chi connectivity index (χ4n) is 1.75. The zero-order chi connectivity index (χ0) is 13.1. The van der Waals surface area contributed by atoms with Gasteiger partial charge in [0, 0.05) is 19.6 Å². The molecule has 0 radical (unpaired) electrons. The van der Waals surface area contributed by atoms with Gasteiger partial charge in [-0.3, -0.25) is 14.3 Å². The number of hydrogen-bond acceptors (Lipinski definition) is 5. The van der Waals surface area contributed by atoms with Gasteiger partial charge in [-0.25, -0.2) is 4.79 Å². The van der Waals surface area contributed by atoms with E-state index in [-0.39, 0.29) is 0 Å². The number of rotatable bonds is 5. The van der Waals surface area contributed by atoms with Crippen molar-refractivity contribution in [2.24, 2.45) is 5.73 Å². The van der Waals surface area contributed by atoms with Gasteiger partial charge in [-0.2, -0.15) is 4.98 Å². The largest absolute Gasteiger partial charge is 0.354 e. The zero-order valence-electron chi connectivity index (χ0n) is 10.1. The molecular weight excluding hydrogens is 236 g/mol. The van der Waals surface area contributed by atoms with Crippen LogP contribution in [0.3, 0.4) is 0 Å². The van der Waals surface area contributed by atoms with Gasteiger partial charge in [0.25, 0.3) is 5.56 Å². The first kappa shape index (κ1) is 12.4. The van der Waals surface area contributed by atoms with Crippen LogP contribution >= 0.6 is 0 Å². The summed E-state index contributed by atoms with van der Waals surface area (Å²) in [7, 11) is 0. The summed E-state index contributed by atoms with van der Waals surface area (Å²) in [5.74, 6) is 0.441. The molecule has 0 saturated heterocycles. The lowest BCUT2D eigenvalue weighted by Crippen LogP contribution is -2.30. The second-order valence-electron chi connectivity index (χ2n) is 3.91. The second kappa shape index (κ2) is 5.05. The Labute approximate surface area is 102 Å². The average Bonchev–Trinajstić information content (AvgIpc) is 2.76. The first-order valence-electron chi connectivity index (χ1n) is 5.84. The monoisotopic (exact) mass is 252 g/mol. The molecule has 2 aromatic heterocycles. The Kier molecular flexibility index (Phi) is 3.47. The summed E-state index contributed by atoms with van der Waals surface area (Å²) >= 11 is 0. The standard InChI is InChI=1S/C10H16N6O2/c1-2-5-16-7-6(8(17)15-10(16)18)13-9(14-7)12-4-3-11/h2-5,11H2,1H3,(H2,12,13,14)(H,15,17,18). The Bertz CT molecular complexity index is 652. The molecule has 0 aliphatic heterocycles. The summed E-state index contributed by atoms with van der Waals surface area (Å²) < 4.78 is 1.45. The summed E-state index contributed by atoms with van der Waals surface area (Å²) in [5.41, 5.74) is 5.13. The van der Waals surface area contributed by atoms with Crippen molar-refractivity contribution >= 4 is 17.1 Å². The molecule has 2 rings (SSSR count). The molecule has 98 valence electrons. The molecule has 0 aromatic carbocycles. The Morgan fingerprint density at radius 2 is 2.17 bits per heavy atom. The smallest absolute Gasteiger partial charge is 0.330 e. The van der Waals surface area contributed by atoms with Crippen molar-refractivity contribution in [1.82, 2.24) is 19.5 Å². The van der Waals surface area contributed by atoms with Gasteiger partial charge in [0.1, 0.15) is 0 Å². The van der Waals surface area contributed by atoms with Crippen molar-refractivity contribution < 1.29 is 0 Å². The van der Waals surface area contributed by atoms with Crippen LogP contribution in [0.5, 0.6) is 0 Å². The highest BCUT2D eigenvalue weighted by molar-refractivity contribution is 5.72. The zero-order valence-corrected chi connectivity index (χ0v) is 10.1. The van der Waals surface area contributed by atoms with Crippen LogP contribution in [0, 0.1) is 0 Å². The second-order valence-corrected chi connectivity index (χ2v) is 3.91. The molecule has 0 fully saturated rings. The lowest BCUT2D eigenvalue weighted by molar-refractivity contribution is 0.652. The maximum atomic E-state index is 11.7. The Balaban J connectivity index is 2.58. The topological polar surface area (TPSA) is 122 Å². The molecule has 0 saturated carbocycles. The van der Waals surface area contributed by atoms with Gasteiger partial charge in [-0.15, -0.1) is 0 Å². The van der Waals surface area contributed by atoms with Gasteiger partial charge in [-0.1, -0.05) is 6.92 Å². The number of anilines is 1. The number of nitrogens with zero attached hydrogens (tertiary/aromatic N) is 2. The third-order valence-electron chi connectivity index (χ3n) is 2.52. The highest BCUT2D eigenvalue weighted by Gasteiger charge is 2.11. The predicted molar refractivity (Wildman–Crippen MR) is 68.8 cm³/mol. The lowest BCUT2D eigenvalue weighted by atomic mass is 10.4. The average molecular weight is 252 g/mol. The van der Waals surface area contributed by atoms with Crippen molar-refractivity contribution in [2.75, 3.05) is 18.4 Å². The summed E-state index contributed by atoms with van der Waals surface area (Å²) in [5, 5.41) is 2.94. The van der Waals surface area contributed by atoms with Gasteiger partial charge in [0.2, 0.25) is 5.95 Å². The third kappa shape index (κ3) is 2.14. The van der Waals surface area contributed by atoms with Crippen molar-refractivity contribution in [1.29, 1.82) is 0 Å². The van der Waals surface area contributed by atoms with Crippen molar-refractivity contribution in [2.45, 2.75) is 19.9 Å². The predicted octanol–water partition coefficient (Wildman–Crippen LogP) is -0.806. The number of nitrogens with one attached hydrogen (secondary N) is 3. The summed E-state index contributed by atoms with van der Waals surface area (Å²) in [4.78, 5) is 32.6. The van der Waals surface area contributed by atoms with Gasteiger partial charge in [-0.05, 0) is 6.42 Å². The van der Waals surface area contributed by atoms with Gasteiger partial charge < -0.3 is 16.0 Å². The number of fused-ring (bicyclic) bond motifs is 1. The van der Waals surface area contributed by atoms with E-state index in [4.69, 9.17) is 5.73 Å². The number of aryl methyl sites for hydroxylation is 1. The summed E-state index contributed by atoms with van der Waals surface area (Å²) in [6, 6.07) is 0. The third-order valence-corrected chi connectivity index (χ3v) is 2.52. The SMILES string of the molecule is CCCn1c(=O)[nH]c(=O)c2[nH]c(NCCN)nc21. The van der Waals surface area contributed by atoms with E-state index in [1.54, 1.807) is 0 Å². The molecule has 8 heteroatoms. The van der Waals surface area contributed by atoms with Gasteiger partial charge in [0.15, 0.2) is 11.2 Å². The minimum Gasteiger partial charge on any atom is -0.354 e. The Morgan fingerprint density at radius 1 is 1.39 bits per heavy atom. The molecule has 0 spiro atoms. The summed E-state index contributed by atoms with van der Waals surface area (Å²) in [6.45, 7) is 3.45. The highest BCUT2D eigenvalue weighted by Crippen LogP contribution is 2.08. The quantitative estimate of drug-likeness (QED) is 0.554. The van der Waals surface area contributed by atoms with E-state index < -0.39 is 11.2 Å². The van der Waals surface area contributed by atoms with Crippen LogP contribution in [0.4, 0.5) is 5.95 Å². The Hall–Kier alpha value is -2.09. The first-order valence-corrected chi connectivity index (χ1v) is 5.84. The maximum Gasteiger partial charge on any atom is 0.330 e. The van der Waals surface area contributed by atoms with Crippen LogP contribution in [-0.4, -0.2) is 32.6 Å². The summed E-state index contributed by atoms with van der Waals surface area (Å²) in [6.07, 6.45) is 0.777. The van der Waals surface area contributed by atoms with Crippen LogP contribution in [-0.2, 0) is 6.54 Å². The van der Waals surface area contributed by atoms with Crippen molar-refractivity contribution in [3.05, 3.63) is 20.8 Å². The minimum atomic E-state index is -0.462. The Morgan fingerprint density at radius 3 is 2.83 bits per heavy atom. The van der Waals surface area contributed by atoms with E-state index in [1.165, 1.54) is 4.57 Å². The first-order chi connectivity index (χ1) is 8.67. The number of aromatic amines is 2. The molecule has 18 heavy (non-hydrogen) atoms. The normalized spacial score (nSPS) is 11.0. The highest BCUT2D eigenvalue weighted by atomic mass is 16.2. The fourth-order valence-corrected chi connectivity index (χ4v) is 1.75. The molecule has 0 aliphatic rings. The number of H-pyrrole nitrogens is 2. The number of hydrogen-bond donors (Lipinski definition) is 4. The number of imidazole rings is 1. The molecule has 2 aromatic rings. The van der Waals surface area contributed by atoms with Crippen LogP contribution in [0.2, 0.25) is 0 Å². The molecule has 5 N–H and O–H groups in total.